The molecule has 1 atom stereocenters. The molecule has 0 aliphatic rings. The van der Waals surface area contributed by atoms with E-state index in [2.05, 4.69) is 9.97 Å². The SMILES string of the molecule is NCCC(Oc1cc(Cl)cc2[nH]cnc12)c1ccccc1. The third-order valence-corrected chi connectivity index (χ3v) is 3.54. The lowest BCUT2D eigenvalue weighted by Gasteiger charge is -2.19. The second-order valence-electron chi connectivity index (χ2n) is 4.80. The molecule has 0 saturated heterocycles. The first kappa shape index (κ1) is 13.9. The molecule has 1 aromatic heterocycles. The number of rotatable bonds is 5. The molecule has 108 valence electrons. The van der Waals surface area contributed by atoms with Gasteiger partial charge in [0.25, 0.3) is 0 Å². The lowest BCUT2D eigenvalue weighted by Crippen LogP contribution is -2.13. The van der Waals surface area contributed by atoms with Crippen LogP contribution in [0.15, 0.2) is 48.8 Å². The summed E-state index contributed by atoms with van der Waals surface area (Å²) >= 11 is 6.13. The van der Waals surface area contributed by atoms with Crippen molar-refractivity contribution >= 4 is 22.6 Å². The molecule has 0 fully saturated rings. The van der Waals surface area contributed by atoms with Gasteiger partial charge in [0.1, 0.15) is 17.4 Å². The molecular weight excluding hydrogens is 286 g/mol. The minimum atomic E-state index is -0.116. The van der Waals surface area contributed by atoms with Gasteiger partial charge in [-0.1, -0.05) is 41.9 Å². The molecule has 0 radical (unpaired) electrons. The van der Waals surface area contributed by atoms with Crippen molar-refractivity contribution in [2.75, 3.05) is 6.54 Å². The summed E-state index contributed by atoms with van der Waals surface area (Å²) in [5.74, 6) is 0.668. The molecule has 0 spiro atoms. The molecule has 0 amide bonds. The topological polar surface area (TPSA) is 63.9 Å². The molecule has 0 aliphatic carbocycles. The van der Waals surface area contributed by atoms with E-state index < -0.39 is 0 Å². The lowest BCUT2D eigenvalue weighted by molar-refractivity contribution is 0.200. The van der Waals surface area contributed by atoms with E-state index in [4.69, 9.17) is 22.1 Å². The van der Waals surface area contributed by atoms with Gasteiger partial charge in [-0.15, -0.1) is 0 Å². The van der Waals surface area contributed by atoms with Crippen molar-refractivity contribution in [1.29, 1.82) is 0 Å². The van der Waals surface area contributed by atoms with Crippen LogP contribution in [0, 0.1) is 0 Å². The third-order valence-electron chi connectivity index (χ3n) is 3.32. The summed E-state index contributed by atoms with van der Waals surface area (Å²) in [6, 6.07) is 13.6. The molecule has 5 heteroatoms. The number of hydrogen-bond acceptors (Lipinski definition) is 3. The molecule has 2 aromatic carbocycles. The first-order valence-electron chi connectivity index (χ1n) is 6.82. The van der Waals surface area contributed by atoms with Crippen LogP contribution in [0.4, 0.5) is 0 Å². The summed E-state index contributed by atoms with van der Waals surface area (Å²) in [4.78, 5) is 7.34. The van der Waals surface area contributed by atoms with Gasteiger partial charge in [0, 0.05) is 17.5 Å². The first-order chi connectivity index (χ1) is 10.3. The number of imidazole rings is 1. The zero-order chi connectivity index (χ0) is 14.7. The molecule has 1 heterocycles. The fourth-order valence-electron chi connectivity index (χ4n) is 2.34. The van der Waals surface area contributed by atoms with Gasteiger partial charge in [0.05, 0.1) is 11.8 Å². The molecule has 3 rings (SSSR count). The van der Waals surface area contributed by atoms with Crippen molar-refractivity contribution < 1.29 is 4.74 Å². The Balaban J connectivity index is 1.96. The monoisotopic (exact) mass is 301 g/mol. The highest BCUT2D eigenvalue weighted by Gasteiger charge is 2.15. The van der Waals surface area contributed by atoms with Crippen LogP contribution >= 0.6 is 11.6 Å². The average molecular weight is 302 g/mol. The summed E-state index contributed by atoms with van der Waals surface area (Å²) in [5.41, 5.74) is 8.44. The largest absolute Gasteiger partial charge is 0.483 e. The number of benzene rings is 2. The van der Waals surface area contributed by atoms with E-state index in [0.29, 0.717) is 17.3 Å². The number of fused-ring (bicyclic) bond motifs is 1. The van der Waals surface area contributed by atoms with Crippen LogP contribution in [0.3, 0.4) is 0 Å². The number of aromatic amines is 1. The van der Waals surface area contributed by atoms with Crippen LogP contribution < -0.4 is 10.5 Å². The van der Waals surface area contributed by atoms with E-state index in [1.54, 1.807) is 12.4 Å². The zero-order valence-corrected chi connectivity index (χ0v) is 12.2. The van der Waals surface area contributed by atoms with Crippen LogP contribution in [0.2, 0.25) is 5.02 Å². The van der Waals surface area contributed by atoms with Gasteiger partial charge in [0.2, 0.25) is 0 Å². The molecule has 0 bridgehead atoms. The number of nitrogens with two attached hydrogens (primary N) is 1. The molecule has 0 saturated carbocycles. The van der Waals surface area contributed by atoms with Crippen molar-refractivity contribution in [3.05, 3.63) is 59.4 Å². The van der Waals surface area contributed by atoms with Gasteiger partial charge in [-0.25, -0.2) is 4.98 Å². The van der Waals surface area contributed by atoms with Crippen molar-refractivity contribution in [2.24, 2.45) is 5.73 Å². The van der Waals surface area contributed by atoms with E-state index in [9.17, 15) is 0 Å². The van der Waals surface area contributed by atoms with Crippen molar-refractivity contribution in [3.63, 3.8) is 0 Å². The van der Waals surface area contributed by atoms with Gasteiger partial charge in [-0.05, 0) is 18.2 Å². The Labute approximate surface area is 127 Å². The standard InChI is InChI=1S/C16H16ClN3O/c17-12-8-13-16(20-10-19-13)15(9-12)21-14(6-7-18)11-4-2-1-3-5-11/h1-5,8-10,14H,6-7,18H2,(H,19,20). The summed E-state index contributed by atoms with van der Waals surface area (Å²) < 4.78 is 6.15. The number of hydrogen-bond donors (Lipinski definition) is 2. The highest BCUT2D eigenvalue weighted by molar-refractivity contribution is 6.31. The quantitative estimate of drug-likeness (QED) is 0.755. The predicted molar refractivity (Wildman–Crippen MR) is 84.6 cm³/mol. The van der Waals surface area contributed by atoms with Crippen LogP contribution in [-0.4, -0.2) is 16.5 Å². The average Bonchev–Trinajstić information content (AvgIpc) is 2.96. The molecule has 21 heavy (non-hydrogen) atoms. The van der Waals surface area contributed by atoms with Crippen LogP contribution in [0.1, 0.15) is 18.1 Å². The normalized spacial score (nSPS) is 12.5. The smallest absolute Gasteiger partial charge is 0.149 e. The van der Waals surface area contributed by atoms with Gasteiger partial charge in [0.15, 0.2) is 0 Å². The van der Waals surface area contributed by atoms with E-state index in [1.165, 1.54) is 0 Å². The highest BCUT2D eigenvalue weighted by atomic mass is 35.5. The maximum absolute atomic E-state index is 6.15. The number of halogens is 1. The second kappa shape index (κ2) is 6.16. The maximum Gasteiger partial charge on any atom is 0.149 e. The summed E-state index contributed by atoms with van der Waals surface area (Å²) in [5, 5.41) is 0.612. The highest BCUT2D eigenvalue weighted by Crippen LogP contribution is 2.32. The van der Waals surface area contributed by atoms with Crippen molar-refractivity contribution in [1.82, 2.24) is 9.97 Å². The fraction of sp³-hybridized carbons (Fsp3) is 0.188. The first-order valence-corrected chi connectivity index (χ1v) is 7.20. The second-order valence-corrected chi connectivity index (χ2v) is 5.23. The number of nitrogens with one attached hydrogen (secondary N) is 1. The van der Waals surface area contributed by atoms with Crippen LogP contribution in [0.25, 0.3) is 11.0 Å². The van der Waals surface area contributed by atoms with Gasteiger partial charge in [-0.3, -0.25) is 0 Å². The maximum atomic E-state index is 6.15. The number of ether oxygens (including phenoxy) is 1. The van der Waals surface area contributed by atoms with Gasteiger partial charge < -0.3 is 15.5 Å². The van der Waals surface area contributed by atoms with E-state index in [1.807, 2.05) is 36.4 Å². The van der Waals surface area contributed by atoms with Gasteiger partial charge in [-0.2, -0.15) is 0 Å². The summed E-state index contributed by atoms with van der Waals surface area (Å²) in [7, 11) is 0. The Morgan fingerprint density at radius 1 is 1.24 bits per heavy atom. The lowest BCUT2D eigenvalue weighted by atomic mass is 10.1. The zero-order valence-electron chi connectivity index (χ0n) is 11.4. The summed E-state index contributed by atoms with van der Waals surface area (Å²) in [6.45, 7) is 0.545. The molecule has 3 aromatic rings. The van der Waals surface area contributed by atoms with Crippen molar-refractivity contribution in [3.8, 4) is 5.75 Å². The predicted octanol–water partition coefficient (Wildman–Crippen LogP) is 3.69. The van der Waals surface area contributed by atoms with E-state index >= 15 is 0 Å². The number of nitrogens with zero attached hydrogens (tertiary/aromatic N) is 1. The Morgan fingerprint density at radius 2 is 2.05 bits per heavy atom. The number of aromatic nitrogens is 2. The fourth-order valence-corrected chi connectivity index (χ4v) is 2.55. The molecule has 1 unspecified atom stereocenters. The molecular formula is C16H16ClN3O. The van der Waals surface area contributed by atoms with Crippen LogP contribution in [-0.2, 0) is 0 Å². The molecule has 0 aliphatic heterocycles. The number of H-pyrrole nitrogens is 1. The Bertz CT molecular complexity index is 727. The molecule has 3 N–H and O–H groups in total. The van der Waals surface area contributed by atoms with Gasteiger partial charge >= 0.3 is 0 Å². The third kappa shape index (κ3) is 3.01. The van der Waals surface area contributed by atoms with E-state index in [0.717, 1.165) is 23.0 Å². The Kier molecular flexibility index (Phi) is 4.08. The Hall–Kier alpha value is -2.04. The van der Waals surface area contributed by atoms with Crippen LogP contribution in [0.5, 0.6) is 5.75 Å². The minimum absolute atomic E-state index is 0.116. The summed E-state index contributed by atoms with van der Waals surface area (Å²) in [6.07, 6.45) is 2.24. The van der Waals surface area contributed by atoms with E-state index in [-0.39, 0.29) is 6.10 Å². The molecule has 4 nitrogen and oxygen atoms in total. The Morgan fingerprint density at radius 3 is 2.81 bits per heavy atom. The van der Waals surface area contributed by atoms with Crippen molar-refractivity contribution in [2.45, 2.75) is 12.5 Å². The minimum Gasteiger partial charge on any atom is -0.483 e.